The van der Waals surface area contributed by atoms with E-state index in [1.165, 1.54) is 11.0 Å². The maximum atomic E-state index is 12.9. The summed E-state index contributed by atoms with van der Waals surface area (Å²) in [7, 11) is 0. The molecule has 1 aliphatic heterocycles. The summed E-state index contributed by atoms with van der Waals surface area (Å²) >= 11 is 11.1. The molecule has 0 bridgehead atoms. The average Bonchev–Trinajstić information content (AvgIpc) is 2.80. The van der Waals surface area contributed by atoms with E-state index in [9.17, 15) is 9.59 Å². The predicted octanol–water partition coefficient (Wildman–Crippen LogP) is 4.86. The number of benzene rings is 2. The van der Waals surface area contributed by atoms with Crippen LogP contribution in [0.15, 0.2) is 67.3 Å². The molecule has 2 aromatic carbocycles. The van der Waals surface area contributed by atoms with Gasteiger partial charge in [-0.15, -0.1) is 13.2 Å². The number of rotatable bonds is 10. The zero-order valence-corrected chi connectivity index (χ0v) is 20.4. The third-order valence-corrected chi connectivity index (χ3v) is 5.50. The van der Waals surface area contributed by atoms with E-state index in [0.717, 1.165) is 11.1 Å². The van der Waals surface area contributed by atoms with Gasteiger partial charge >= 0.3 is 0 Å². The summed E-state index contributed by atoms with van der Waals surface area (Å²) < 4.78 is 12.0. The van der Waals surface area contributed by atoms with Crippen LogP contribution in [0.2, 0.25) is 5.02 Å². The normalized spacial score (nSPS) is 14.7. The number of thiocarbonyl (C=S) groups is 1. The molecule has 0 unspecified atom stereocenters. The molecule has 0 radical (unpaired) electrons. The standard InChI is InChI=1S/C26H25ClN2O4S/c1-4-7-19-13-18(14-21-24(30)28-26(34)29(12-5-2)25(21)31)15-22(32-6-3)23(19)33-16-17-8-10-20(27)11-9-17/h4-5,8-11,13-15H,1-2,6-7,12,16H2,3H3,(H,28,30,34)/b21-14+. The van der Waals surface area contributed by atoms with Crippen LogP contribution in [0.4, 0.5) is 0 Å². The van der Waals surface area contributed by atoms with Crippen molar-refractivity contribution in [2.75, 3.05) is 13.2 Å². The van der Waals surface area contributed by atoms with Crippen molar-refractivity contribution in [1.29, 1.82) is 0 Å². The van der Waals surface area contributed by atoms with Crippen LogP contribution in [-0.4, -0.2) is 35.0 Å². The molecule has 1 N–H and O–H groups in total. The van der Waals surface area contributed by atoms with Crippen molar-refractivity contribution in [2.24, 2.45) is 0 Å². The fourth-order valence-electron chi connectivity index (χ4n) is 3.39. The van der Waals surface area contributed by atoms with Gasteiger partial charge in [-0.2, -0.15) is 0 Å². The summed E-state index contributed by atoms with van der Waals surface area (Å²) in [6.07, 6.45) is 5.31. The first-order valence-electron chi connectivity index (χ1n) is 10.7. The van der Waals surface area contributed by atoms with Gasteiger partial charge in [0.25, 0.3) is 11.8 Å². The lowest BCUT2D eigenvalue weighted by atomic mass is 10.0. The Hall–Kier alpha value is -3.42. The van der Waals surface area contributed by atoms with Crippen molar-refractivity contribution in [3.8, 4) is 11.5 Å². The van der Waals surface area contributed by atoms with Gasteiger partial charge in [0.15, 0.2) is 16.6 Å². The molecule has 0 saturated carbocycles. The quantitative estimate of drug-likeness (QED) is 0.220. The number of carbonyl (C=O) groups excluding carboxylic acids is 2. The van der Waals surface area contributed by atoms with E-state index in [4.69, 9.17) is 33.3 Å². The number of hydrogen-bond donors (Lipinski definition) is 1. The van der Waals surface area contributed by atoms with Gasteiger partial charge in [0.2, 0.25) is 0 Å². The fourth-order valence-corrected chi connectivity index (χ4v) is 3.77. The maximum Gasteiger partial charge on any atom is 0.265 e. The van der Waals surface area contributed by atoms with Crippen molar-refractivity contribution < 1.29 is 19.1 Å². The first-order valence-corrected chi connectivity index (χ1v) is 11.4. The Balaban J connectivity index is 1.99. The van der Waals surface area contributed by atoms with Gasteiger partial charge in [0, 0.05) is 17.1 Å². The van der Waals surface area contributed by atoms with Crippen molar-refractivity contribution in [3.63, 3.8) is 0 Å². The summed E-state index contributed by atoms with van der Waals surface area (Å²) in [5.41, 5.74) is 2.34. The van der Waals surface area contributed by atoms with Gasteiger partial charge in [-0.1, -0.05) is 35.9 Å². The van der Waals surface area contributed by atoms with E-state index in [0.29, 0.717) is 41.7 Å². The van der Waals surface area contributed by atoms with Crippen LogP contribution in [-0.2, 0) is 22.6 Å². The number of allylic oxidation sites excluding steroid dienone is 1. The van der Waals surface area contributed by atoms with Gasteiger partial charge in [0.1, 0.15) is 12.2 Å². The molecule has 8 heteroatoms. The second-order valence-electron chi connectivity index (χ2n) is 7.37. The van der Waals surface area contributed by atoms with Gasteiger partial charge in [-0.3, -0.25) is 19.8 Å². The zero-order chi connectivity index (χ0) is 24.7. The lowest BCUT2D eigenvalue weighted by Crippen LogP contribution is -2.53. The Labute approximate surface area is 209 Å². The van der Waals surface area contributed by atoms with Crippen molar-refractivity contribution in [3.05, 3.63) is 89.0 Å². The maximum absolute atomic E-state index is 12.9. The monoisotopic (exact) mass is 496 g/mol. The van der Waals surface area contributed by atoms with E-state index in [1.807, 2.05) is 25.1 Å². The molecular weight excluding hydrogens is 472 g/mol. The first-order chi connectivity index (χ1) is 16.4. The number of nitrogens with zero attached hydrogens (tertiary/aromatic N) is 1. The predicted molar refractivity (Wildman–Crippen MR) is 138 cm³/mol. The van der Waals surface area contributed by atoms with E-state index in [1.54, 1.807) is 30.4 Å². The third kappa shape index (κ3) is 5.92. The Morgan fingerprint density at radius 1 is 1.12 bits per heavy atom. The fraction of sp³-hybridized carbons (Fsp3) is 0.192. The van der Waals surface area contributed by atoms with Crippen molar-refractivity contribution in [1.82, 2.24) is 10.2 Å². The first kappa shape index (κ1) is 25.2. The minimum atomic E-state index is -0.554. The van der Waals surface area contributed by atoms with E-state index < -0.39 is 11.8 Å². The van der Waals surface area contributed by atoms with E-state index >= 15 is 0 Å². The van der Waals surface area contributed by atoms with Crippen LogP contribution >= 0.6 is 23.8 Å². The molecule has 0 spiro atoms. The molecule has 1 aliphatic rings. The number of ether oxygens (including phenoxy) is 2. The summed E-state index contributed by atoms with van der Waals surface area (Å²) in [5.74, 6) is 0.0408. The smallest absolute Gasteiger partial charge is 0.265 e. The molecule has 0 aliphatic carbocycles. The molecule has 34 heavy (non-hydrogen) atoms. The number of halogens is 1. The van der Waals surface area contributed by atoms with Crippen LogP contribution in [0.5, 0.6) is 11.5 Å². The van der Waals surface area contributed by atoms with E-state index in [2.05, 4.69) is 18.5 Å². The highest BCUT2D eigenvalue weighted by molar-refractivity contribution is 7.80. The van der Waals surface area contributed by atoms with Crippen LogP contribution in [0.3, 0.4) is 0 Å². The van der Waals surface area contributed by atoms with Gasteiger partial charge in [-0.05, 0) is 67.0 Å². The topological polar surface area (TPSA) is 67.9 Å². The zero-order valence-electron chi connectivity index (χ0n) is 18.8. The molecular formula is C26H25ClN2O4S. The molecule has 0 aromatic heterocycles. The van der Waals surface area contributed by atoms with Gasteiger partial charge < -0.3 is 9.47 Å². The largest absolute Gasteiger partial charge is 0.490 e. The highest BCUT2D eigenvalue weighted by atomic mass is 35.5. The van der Waals surface area contributed by atoms with Crippen LogP contribution in [0.25, 0.3) is 6.08 Å². The lowest BCUT2D eigenvalue weighted by molar-refractivity contribution is -0.128. The van der Waals surface area contributed by atoms with Crippen molar-refractivity contribution in [2.45, 2.75) is 20.0 Å². The van der Waals surface area contributed by atoms with Crippen LogP contribution in [0, 0.1) is 0 Å². The summed E-state index contributed by atoms with van der Waals surface area (Å²) in [5, 5.41) is 3.25. The minimum absolute atomic E-state index is 0.0303. The highest BCUT2D eigenvalue weighted by Crippen LogP contribution is 2.35. The molecule has 1 saturated heterocycles. The molecule has 6 nitrogen and oxygen atoms in total. The molecule has 2 aromatic rings. The van der Waals surface area contributed by atoms with Crippen LogP contribution in [0.1, 0.15) is 23.6 Å². The number of amides is 2. The van der Waals surface area contributed by atoms with Gasteiger partial charge in [-0.25, -0.2) is 0 Å². The van der Waals surface area contributed by atoms with Crippen molar-refractivity contribution >= 4 is 46.8 Å². The summed E-state index contributed by atoms with van der Waals surface area (Å²) in [4.78, 5) is 26.7. The number of carbonyl (C=O) groups is 2. The third-order valence-electron chi connectivity index (χ3n) is 4.92. The summed E-state index contributed by atoms with van der Waals surface area (Å²) in [6.45, 7) is 10.3. The minimum Gasteiger partial charge on any atom is -0.490 e. The second-order valence-corrected chi connectivity index (χ2v) is 8.19. The average molecular weight is 497 g/mol. The molecule has 1 heterocycles. The Morgan fingerprint density at radius 3 is 2.50 bits per heavy atom. The second kappa shape index (κ2) is 11.6. The lowest BCUT2D eigenvalue weighted by Gasteiger charge is -2.27. The molecule has 0 atom stereocenters. The molecule has 176 valence electrons. The Kier molecular flexibility index (Phi) is 8.62. The summed E-state index contributed by atoms with van der Waals surface area (Å²) in [6, 6.07) is 11.0. The Bertz CT molecular complexity index is 1160. The molecule has 3 rings (SSSR count). The molecule has 2 amide bonds. The Morgan fingerprint density at radius 2 is 1.85 bits per heavy atom. The van der Waals surface area contributed by atoms with E-state index in [-0.39, 0.29) is 17.2 Å². The SMILES string of the molecule is C=CCc1cc(/C=C2\C(=O)NC(=S)N(CC=C)C2=O)cc(OCC)c1OCc1ccc(Cl)cc1. The van der Waals surface area contributed by atoms with Crippen LogP contribution < -0.4 is 14.8 Å². The van der Waals surface area contributed by atoms with Gasteiger partial charge in [0.05, 0.1) is 6.61 Å². The number of nitrogens with one attached hydrogen (secondary N) is 1. The highest BCUT2D eigenvalue weighted by Gasteiger charge is 2.32. The molecule has 1 fully saturated rings. The number of hydrogen-bond acceptors (Lipinski definition) is 5.